The molecule has 0 spiro atoms. The molecule has 0 bridgehead atoms. The van der Waals surface area contributed by atoms with E-state index in [1.807, 2.05) is 29.3 Å². The van der Waals surface area contributed by atoms with Crippen LogP contribution in [0.1, 0.15) is 36.0 Å². The van der Waals surface area contributed by atoms with Gasteiger partial charge >= 0.3 is 0 Å². The number of benzene rings is 2. The molecule has 0 aliphatic carbocycles. The molecule has 2 aliphatic heterocycles. The summed E-state index contributed by atoms with van der Waals surface area (Å²) >= 11 is 0. The van der Waals surface area contributed by atoms with Crippen molar-refractivity contribution in [2.24, 2.45) is 5.92 Å². The second kappa shape index (κ2) is 10.0. The lowest BCUT2D eigenvalue weighted by atomic mass is 10.0. The number of ether oxygens (including phenoxy) is 2. The van der Waals surface area contributed by atoms with Gasteiger partial charge in [0.1, 0.15) is 0 Å². The maximum Gasteiger partial charge on any atom is 0.230 e. The molecule has 0 aromatic heterocycles. The highest BCUT2D eigenvalue weighted by atomic mass is 16.5. The second-order valence-corrected chi connectivity index (χ2v) is 8.53. The molecule has 2 aromatic carbocycles. The zero-order valence-corrected chi connectivity index (χ0v) is 18.5. The third kappa shape index (κ3) is 5.28. The maximum atomic E-state index is 13.1. The van der Waals surface area contributed by atoms with E-state index in [1.165, 1.54) is 18.4 Å². The molecule has 2 aliphatic rings. The SMILES string of the molecule is COc1cc2c(cc1OC)CC(=O)N(CC1CCCCN(Cc3ccccc3)C1)C=C2. The van der Waals surface area contributed by atoms with Crippen molar-refractivity contribution < 1.29 is 14.3 Å². The molecule has 164 valence electrons. The zero-order chi connectivity index (χ0) is 21.6. The largest absolute Gasteiger partial charge is 0.493 e. The minimum absolute atomic E-state index is 0.140. The number of methoxy groups -OCH3 is 2. The number of hydrogen-bond acceptors (Lipinski definition) is 4. The molecule has 2 heterocycles. The number of carbonyl (C=O) groups excluding carboxylic acids is 1. The number of amides is 1. The molecular weight excluding hydrogens is 388 g/mol. The van der Waals surface area contributed by atoms with Crippen LogP contribution in [0.4, 0.5) is 0 Å². The Morgan fingerprint density at radius 2 is 1.81 bits per heavy atom. The summed E-state index contributed by atoms with van der Waals surface area (Å²) in [7, 11) is 3.26. The summed E-state index contributed by atoms with van der Waals surface area (Å²) in [5, 5.41) is 0. The van der Waals surface area contributed by atoms with Gasteiger partial charge in [-0.2, -0.15) is 0 Å². The Morgan fingerprint density at radius 3 is 2.58 bits per heavy atom. The highest BCUT2D eigenvalue weighted by molar-refractivity contribution is 5.84. The fraction of sp³-hybridized carbons (Fsp3) is 0.423. The van der Waals surface area contributed by atoms with Gasteiger partial charge in [-0.3, -0.25) is 9.69 Å². The van der Waals surface area contributed by atoms with E-state index < -0.39 is 0 Å². The van der Waals surface area contributed by atoms with Crippen molar-refractivity contribution in [2.45, 2.75) is 32.2 Å². The summed E-state index contributed by atoms with van der Waals surface area (Å²) in [6.07, 6.45) is 7.96. The van der Waals surface area contributed by atoms with Gasteiger partial charge in [-0.1, -0.05) is 36.8 Å². The lowest BCUT2D eigenvalue weighted by molar-refractivity contribution is -0.128. The first-order valence-corrected chi connectivity index (χ1v) is 11.1. The molecule has 5 heteroatoms. The van der Waals surface area contributed by atoms with Crippen molar-refractivity contribution >= 4 is 12.0 Å². The van der Waals surface area contributed by atoms with Crippen LogP contribution < -0.4 is 9.47 Å². The molecule has 31 heavy (non-hydrogen) atoms. The summed E-state index contributed by atoms with van der Waals surface area (Å²) in [6.45, 7) is 3.90. The molecule has 0 radical (unpaired) electrons. The molecule has 0 N–H and O–H groups in total. The van der Waals surface area contributed by atoms with Gasteiger partial charge in [-0.15, -0.1) is 0 Å². The molecule has 4 rings (SSSR count). The van der Waals surface area contributed by atoms with Gasteiger partial charge in [-0.05, 0) is 60.2 Å². The Balaban J connectivity index is 1.45. The first-order chi connectivity index (χ1) is 15.2. The number of carbonyl (C=O) groups is 1. The van der Waals surface area contributed by atoms with Crippen molar-refractivity contribution in [1.82, 2.24) is 9.80 Å². The number of likely N-dealkylation sites (tertiary alicyclic amines) is 1. The Hall–Kier alpha value is -2.79. The molecule has 1 saturated heterocycles. The first-order valence-electron chi connectivity index (χ1n) is 11.1. The Kier molecular flexibility index (Phi) is 6.92. The Bertz CT molecular complexity index is 926. The van der Waals surface area contributed by atoms with Gasteiger partial charge in [0.05, 0.1) is 20.6 Å². The standard InChI is InChI=1S/C26H32N2O3/c1-30-24-14-22-11-13-28(26(29)16-23(22)15-25(24)31-2)19-21-10-6-7-12-27(18-21)17-20-8-4-3-5-9-20/h3-5,8-9,11,13-15,21H,6-7,10,12,16-19H2,1-2H3. The van der Waals surface area contributed by atoms with Gasteiger partial charge in [0.15, 0.2) is 11.5 Å². The van der Waals surface area contributed by atoms with Crippen LogP contribution >= 0.6 is 0 Å². The predicted molar refractivity (Wildman–Crippen MR) is 123 cm³/mol. The minimum atomic E-state index is 0.140. The summed E-state index contributed by atoms with van der Waals surface area (Å²) in [5.74, 6) is 1.97. The summed E-state index contributed by atoms with van der Waals surface area (Å²) in [5.41, 5.74) is 3.35. The highest BCUT2D eigenvalue weighted by Crippen LogP contribution is 2.33. The molecule has 1 fully saturated rings. The van der Waals surface area contributed by atoms with Crippen LogP contribution in [0.15, 0.2) is 48.7 Å². The van der Waals surface area contributed by atoms with E-state index in [0.717, 1.165) is 43.7 Å². The van der Waals surface area contributed by atoms with E-state index in [0.29, 0.717) is 23.8 Å². The Morgan fingerprint density at radius 1 is 1.03 bits per heavy atom. The molecule has 0 saturated carbocycles. The minimum Gasteiger partial charge on any atom is -0.493 e. The van der Waals surface area contributed by atoms with Crippen LogP contribution in [0.2, 0.25) is 0 Å². The molecule has 1 amide bonds. The van der Waals surface area contributed by atoms with Crippen molar-refractivity contribution in [3.8, 4) is 11.5 Å². The average Bonchev–Trinajstić information content (AvgIpc) is 3.09. The number of rotatable bonds is 6. The van der Waals surface area contributed by atoms with Crippen molar-refractivity contribution in [3.63, 3.8) is 0 Å². The van der Waals surface area contributed by atoms with Crippen LogP contribution in [-0.4, -0.2) is 49.6 Å². The lowest BCUT2D eigenvalue weighted by Crippen LogP contribution is -2.36. The number of hydrogen-bond donors (Lipinski definition) is 0. The lowest BCUT2D eigenvalue weighted by Gasteiger charge is -2.28. The van der Waals surface area contributed by atoms with Gasteiger partial charge in [0, 0.05) is 25.8 Å². The van der Waals surface area contributed by atoms with Crippen LogP contribution in [0.25, 0.3) is 6.08 Å². The second-order valence-electron chi connectivity index (χ2n) is 8.53. The Labute approximate surface area is 185 Å². The smallest absolute Gasteiger partial charge is 0.230 e. The van der Waals surface area contributed by atoms with Crippen molar-refractivity contribution in [2.75, 3.05) is 33.9 Å². The number of nitrogens with zero attached hydrogens (tertiary/aromatic N) is 2. The van der Waals surface area contributed by atoms with Crippen LogP contribution in [0.3, 0.4) is 0 Å². The fourth-order valence-corrected chi connectivity index (χ4v) is 4.65. The first kappa shape index (κ1) is 21.4. The van der Waals surface area contributed by atoms with E-state index >= 15 is 0 Å². The summed E-state index contributed by atoms with van der Waals surface area (Å²) in [4.78, 5) is 17.5. The molecule has 2 aromatic rings. The van der Waals surface area contributed by atoms with E-state index in [1.54, 1.807) is 14.2 Å². The van der Waals surface area contributed by atoms with Crippen molar-refractivity contribution in [3.05, 3.63) is 65.4 Å². The van der Waals surface area contributed by atoms with E-state index in [2.05, 4.69) is 35.2 Å². The normalized spacial score (nSPS) is 19.5. The number of fused-ring (bicyclic) bond motifs is 1. The summed E-state index contributed by atoms with van der Waals surface area (Å²) < 4.78 is 10.9. The predicted octanol–water partition coefficient (Wildman–Crippen LogP) is 4.36. The van der Waals surface area contributed by atoms with Crippen LogP contribution in [-0.2, 0) is 17.8 Å². The van der Waals surface area contributed by atoms with E-state index in [9.17, 15) is 4.79 Å². The molecule has 1 atom stereocenters. The monoisotopic (exact) mass is 420 g/mol. The third-order valence-electron chi connectivity index (χ3n) is 6.30. The molecular formula is C26H32N2O3. The van der Waals surface area contributed by atoms with Gasteiger partial charge in [0.2, 0.25) is 5.91 Å². The zero-order valence-electron chi connectivity index (χ0n) is 18.5. The van der Waals surface area contributed by atoms with Gasteiger partial charge in [-0.25, -0.2) is 0 Å². The van der Waals surface area contributed by atoms with Crippen molar-refractivity contribution in [1.29, 1.82) is 0 Å². The quantitative estimate of drug-likeness (QED) is 0.696. The fourth-order valence-electron chi connectivity index (χ4n) is 4.65. The molecule has 5 nitrogen and oxygen atoms in total. The van der Waals surface area contributed by atoms with Gasteiger partial charge in [0.25, 0.3) is 0 Å². The van der Waals surface area contributed by atoms with E-state index in [-0.39, 0.29) is 5.91 Å². The molecule has 1 unspecified atom stereocenters. The topological polar surface area (TPSA) is 42.0 Å². The maximum absolute atomic E-state index is 13.1. The summed E-state index contributed by atoms with van der Waals surface area (Å²) in [6, 6.07) is 14.5. The van der Waals surface area contributed by atoms with Crippen LogP contribution in [0, 0.1) is 5.92 Å². The van der Waals surface area contributed by atoms with E-state index in [4.69, 9.17) is 9.47 Å². The highest BCUT2D eigenvalue weighted by Gasteiger charge is 2.25. The van der Waals surface area contributed by atoms with Crippen LogP contribution in [0.5, 0.6) is 11.5 Å². The average molecular weight is 421 g/mol. The third-order valence-corrected chi connectivity index (χ3v) is 6.30. The van der Waals surface area contributed by atoms with Gasteiger partial charge < -0.3 is 14.4 Å².